The first kappa shape index (κ1) is 33.4. The van der Waals surface area contributed by atoms with Crippen molar-refractivity contribution in [2.75, 3.05) is 0 Å². The molecular formula is C55H36N4. The van der Waals surface area contributed by atoms with Gasteiger partial charge >= 0.3 is 0 Å². The van der Waals surface area contributed by atoms with Crippen LogP contribution in [0.3, 0.4) is 0 Å². The molecule has 0 spiro atoms. The van der Waals surface area contributed by atoms with Crippen LogP contribution >= 0.6 is 0 Å². The number of hydrogen-bond donors (Lipinski definition) is 0. The summed E-state index contributed by atoms with van der Waals surface area (Å²) in [5, 5.41) is 8.29. The SMILES string of the molecule is C1=CC2C=Cc3c(c4cc5ccccc5cc4n3-c3ccc(-c4nc(-c5ccccc5)nc(-c5ccc6ccccc6c5)n4)c4ccc(-c5ccccc5)cc34)C2C=C1. The number of fused-ring (bicyclic) bond motifs is 8. The summed E-state index contributed by atoms with van der Waals surface area (Å²) in [6.45, 7) is 0. The van der Waals surface area contributed by atoms with Crippen LogP contribution in [-0.4, -0.2) is 19.5 Å². The standard InChI is InChI=1S/C55H36N4/c1-3-13-35(14-4-1)42-25-27-45-46(55-57-53(38-17-5-2-6-18-38)56-54(58-55)43-24-23-36-15-7-8-19-39(36)31-43)28-30-49(47(45)32-42)59-50-29-26-37-16-11-12-22-44(37)52(50)48-33-40-20-9-10-21-41(40)34-51(48)59/h1-34,37,44H. The van der Waals surface area contributed by atoms with E-state index in [-0.39, 0.29) is 5.92 Å². The second-order valence-electron chi connectivity index (χ2n) is 15.6. The van der Waals surface area contributed by atoms with E-state index in [1.165, 1.54) is 43.9 Å². The number of aromatic nitrogens is 4. The van der Waals surface area contributed by atoms with Crippen molar-refractivity contribution in [3.05, 3.63) is 211 Å². The Morgan fingerprint density at radius 2 is 1.05 bits per heavy atom. The average molecular weight is 753 g/mol. The third-order valence-electron chi connectivity index (χ3n) is 12.2. The summed E-state index contributed by atoms with van der Waals surface area (Å²) in [7, 11) is 0. The first-order valence-corrected chi connectivity index (χ1v) is 20.3. The van der Waals surface area contributed by atoms with Gasteiger partial charge in [0.15, 0.2) is 17.5 Å². The normalized spacial score (nSPS) is 15.6. The first-order chi connectivity index (χ1) is 29.2. The third-order valence-corrected chi connectivity index (χ3v) is 12.2. The molecule has 2 aliphatic carbocycles. The van der Waals surface area contributed by atoms with E-state index in [4.69, 9.17) is 15.0 Å². The molecule has 2 heterocycles. The maximum absolute atomic E-state index is 5.27. The minimum Gasteiger partial charge on any atom is -0.309 e. The van der Waals surface area contributed by atoms with Crippen molar-refractivity contribution in [2.45, 2.75) is 5.92 Å². The lowest BCUT2D eigenvalue weighted by molar-refractivity contribution is 0.693. The highest BCUT2D eigenvalue weighted by atomic mass is 15.0. The second kappa shape index (κ2) is 13.5. The van der Waals surface area contributed by atoms with Crippen LogP contribution < -0.4 is 0 Å². The zero-order valence-corrected chi connectivity index (χ0v) is 32.1. The van der Waals surface area contributed by atoms with Gasteiger partial charge in [-0.05, 0) is 86.1 Å². The Morgan fingerprint density at radius 3 is 1.85 bits per heavy atom. The topological polar surface area (TPSA) is 43.6 Å². The molecule has 0 saturated carbocycles. The quantitative estimate of drug-likeness (QED) is 0.176. The van der Waals surface area contributed by atoms with Crippen molar-refractivity contribution in [2.24, 2.45) is 5.92 Å². The predicted octanol–water partition coefficient (Wildman–Crippen LogP) is 13.8. The monoisotopic (exact) mass is 752 g/mol. The fourth-order valence-electron chi connectivity index (χ4n) is 9.29. The van der Waals surface area contributed by atoms with E-state index in [0.29, 0.717) is 23.4 Å². The number of rotatable bonds is 5. The van der Waals surface area contributed by atoms with Gasteiger partial charge in [0.2, 0.25) is 0 Å². The van der Waals surface area contributed by atoms with E-state index in [0.717, 1.165) is 44.1 Å². The van der Waals surface area contributed by atoms with Gasteiger partial charge in [-0.2, -0.15) is 0 Å². The van der Waals surface area contributed by atoms with E-state index < -0.39 is 0 Å². The Kier molecular flexibility index (Phi) is 7.63. The van der Waals surface area contributed by atoms with E-state index in [2.05, 4.69) is 193 Å². The molecule has 276 valence electrons. The average Bonchev–Trinajstić information content (AvgIpc) is 3.63. The van der Waals surface area contributed by atoms with Gasteiger partial charge in [-0.1, -0.05) is 164 Å². The molecular weight excluding hydrogens is 717 g/mol. The molecule has 0 bridgehead atoms. The van der Waals surface area contributed by atoms with Crippen molar-refractivity contribution >= 4 is 49.3 Å². The van der Waals surface area contributed by atoms with Crippen molar-refractivity contribution in [3.63, 3.8) is 0 Å². The summed E-state index contributed by atoms with van der Waals surface area (Å²) in [4.78, 5) is 15.6. The van der Waals surface area contributed by atoms with Crippen LogP contribution in [0.15, 0.2) is 200 Å². The Hall–Kier alpha value is -7.69. The number of allylic oxidation sites excluding steroid dienone is 5. The third kappa shape index (κ3) is 5.56. The van der Waals surface area contributed by atoms with E-state index in [9.17, 15) is 0 Å². The highest BCUT2D eigenvalue weighted by molar-refractivity contribution is 6.07. The summed E-state index contributed by atoms with van der Waals surface area (Å²) in [5.74, 6) is 2.50. The molecule has 0 aliphatic heterocycles. The fraction of sp³-hybridized carbons (Fsp3) is 0.0364. The molecule has 8 aromatic carbocycles. The molecule has 0 radical (unpaired) electrons. The molecule has 12 rings (SSSR count). The molecule has 2 atom stereocenters. The van der Waals surface area contributed by atoms with Crippen molar-refractivity contribution < 1.29 is 0 Å². The Morgan fingerprint density at radius 1 is 0.407 bits per heavy atom. The summed E-state index contributed by atoms with van der Waals surface area (Å²) >= 11 is 0. The minimum absolute atomic E-state index is 0.255. The molecule has 4 nitrogen and oxygen atoms in total. The van der Waals surface area contributed by atoms with Gasteiger partial charge in [0.05, 0.1) is 16.9 Å². The summed E-state index contributed by atoms with van der Waals surface area (Å²) < 4.78 is 2.50. The first-order valence-electron chi connectivity index (χ1n) is 20.3. The van der Waals surface area contributed by atoms with E-state index in [1.807, 2.05) is 18.2 Å². The van der Waals surface area contributed by atoms with Crippen LogP contribution in [0.2, 0.25) is 0 Å². The molecule has 10 aromatic rings. The van der Waals surface area contributed by atoms with Gasteiger partial charge in [-0.25, -0.2) is 15.0 Å². The summed E-state index contributed by atoms with van der Waals surface area (Å²) in [6, 6.07) is 60.6. The van der Waals surface area contributed by atoms with Gasteiger partial charge in [-0.15, -0.1) is 0 Å². The van der Waals surface area contributed by atoms with Gasteiger partial charge in [0, 0.05) is 39.3 Å². The molecule has 2 aromatic heterocycles. The minimum atomic E-state index is 0.255. The highest BCUT2D eigenvalue weighted by Crippen LogP contribution is 2.47. The van der Waals surface area contributed by atoms with Crippen molar-refractivity contribution in [1.82, 2.24) is 19.5 Å². The molecule has 0 fully saturated rings. The van der Waals surface area contributed by atoms with Gasteiger partial charge in [0.25, 0.3) is 0 Å². The van der Waals surface area contributed by atoms with Gasteiger partial charge in [-0.3, -0.25) is 0 Å². The van der Waals surface area contributed by atoms with Crippen molar-refractivity contribution in [3.8, 4) is 51.0 Å². The lowest BCUT2D eigenvalue weighted by Crippen LogP contribution is -2.14. The lowest BCUT2D eigenvalue weighted by atomic mass is 9.78. The summed E-state index contributed by atoms with van der Waals surface area (Å²) in [5.41, 5.74) is 10.1. The fourth-order valence-corrected chi connectivity index (χ4v) is 9.29. The largest absolute Gasteiger partial charge is 0.309 e. The van der Waals surface area contributed by atoms with E-state index in [1.54, 1.807) is 0 Å². The van der Waals surface area contributed by atoms with Crippen LogP contribution in [0.4, 0.5) is 0 Å². The molecule has 2 aliphatic rings. The van der Waals surface area contributed by atoms with Crippen LogP contribution in [0.1, 0.15) is 17.2 Å². The molecule has 4 heteroatoms. The lowest BCUT2D eigenvalue weighted by Gasteiger charge is -2.26. The number of hydrogen-bond acceptors (Lipinski definition) is 3. The van der Waals surface area contributed by atoms with Gasteiger partial charge in [0.1, 0.15) is 0 Å². The van der Waals surface area contributed by atoms with Crippen LogP contribution in [0.5, 0.6) is 0 Å². The second-order valence-corrected chi connectivity index (χ2v) is 15.6. The smallest absolute Gasteiger partial charge is 0.164 e. The Bertz CT molecular complexity index is 3390. The van der Waals surface area contributed by atoms with Crippen LogP contribution in [-0.2, 0) is 0 Å². The zero-order valence-electron chi connectivity index (χ0n) is 32.1. The summed E-state index contributed by atoms with van der Waals surface area (Å²) in [6.07, 6.45) is 13.8. The highest BCUT2D eigenvalue weighted by Gasteiger charge is 2.31. The molecule has 2 unspecified atom stereocenters. The Labute approximate surface area is 341 Å². The zero-order chi connectivity index (χ0) is 38.9. The number of nitrogens with zero attached hydrogens (tertiary/aromatic N) is 4. The molecule has 0 amide bonds. The number of benzene rings is 8. The maximum Gasteiger partial charge on any atom is 0.164 e. The van der Waals surface area contributed by atoms with Crippen LogP contribution in [0.25, 0.3) is 100 Å². The predicted molar refractivity (Wildman–Crippen MR) is 244 cm³/mol. The van der Waals surface area contributed by atoms with Crippen molar-refractivity contribution in [1.29, 1.82) is 0 Å². The Balaban J connectivity index is 1.14. The van der Waals surface area contributed by atoms with E-state index >= 15 is 0 Å². The van der Waals surface area contributed by atoms with Gasteiger partial charge < -0.3 is 4.57 Å². The molecule has 0 N–H and O–H groups in total. The maximum atomic E-state index is 5.27. The molecule has 0 saturated heterocycles. The molecule has 59 heavy (non-hydrogen) atoms. The van der Waals surface area contributed by atoms with Crippen LogP contribution in [0, 0.1) is 5.92 Å².